The molecule has 0 aromatic carbocycles. The van der Waals surface area contributed by atoms with E-state index in [9.17, 15) is 0 Å². The van der Waals surface area contributed by atoms with Crippen molar-refractivity contribution in [3.05, 3.63) is 12.5 Å². The molecule has 1 fully saturated rings. The third-order valence-electron chi connectivity index (χ3n) is 4.07. The average molecular weight is 245 g/mol. The Morgan fingerprint density at radius 3 is 3.11 bits per heavy atom. The molecular weight excluding hydrogens is 226 g/mol. The van der Waals surface area contributed by atoms with E-state index in [1.165, 1.54) is 25.7 Å². The first-order valence-electron chi connectivity index (χ1n) is 6.72. The number of anilines is 1. The number of hydrogen-bond acceptors (Lipinski definition) is 4. The van der Waals surface area contributed by atoms with Crippen molar-refractivity contribution in [3.8, 4) is 0 Å². The topological polar surface area (TPSA) is 66.5 Å². The minimum Gasteiger partial charge on any atom is -0.369 e. The van der Waals surface area contributed by atoms with Crippen LogP contribution in [-0.2, 0) is 0 Å². The number of fused-ring (bicyclic) bond motifs is 1. The third kappa shape index (κ3) is 2.17. The van der Waals surface area contributed by atoms with Gasteiger partial charge in [0, 0.05) is 6.54 Å². The second kappa shape index (κ2) is 4.92. The fourth-order valence-corrected chi connectivity index (χ4v) is 2.83. The lowest BCUT2D eigenvalue weighted by atomic mass is 9.80. The lowest BCUT2D eigenvalue weighted by Gasteiger charge is -2.28. The van der Waals surface area contributed by atoms with Gasteiger partial charge in [0.1, 0.15) is 12.1 Å². The van der Waals surface area contributed by atoms with Gasteiger partial charge in [-0.2, -0.15) is 5.10 Å². The Kier molecular flexibility index (Phi) is 3.13. The van der Waals surface area contributed by atoms with Gasteiger partial charge in [-0.25, -0.2) is 9.97 Å². The molecule has 1 saturated carbocycles. The monoisotopic (exact) mass is 245 g/mol. The minimum absolute atomic E-state index is 0.760. The van der Waals surface area contributed by atoms with Crippen LogP contribution in [0.4, 0.5) is 5.82 Å². The molecule has 2 atom stereocenters. The molecule has 0 spiro atoms. The van der Waals surface area contributed by atoms with E-state index in [2.05, 4.69) is 32.4 Å². The number of aromatic amines is 1. The SMILES string of the molecule is CC1CCCCC1CNc1ncnc2[nH]ncc12. The fourth-order valence-electron chi connectivity index (χ4n) is 2.83. The van der Waals surface area contributed by atoms with E-state index in [4.69, 9.17) is 0 Å². The molecule has 5 heteroatoms. The summed E-state index contributed by atoms with van der Waals surface area (Å²) in [4.78, 5) is 8.45. The van der Waals surface area contributed by atoms with Crippen LogP contribution >= 0.6 is 0 Å². The van der Waals surface area contributed by atoms with Crippen molar-refractivity contribution in [2.45, 2.75) is 32.6 Å². The zero-order chi connectivity index (χ0) is 12.4. The molecule has 0 saturated heterocycles. The molecule has 96 valence electrons. The molecule has 0 aliphatic heterocycles. The number of H-pyrrole nitrogens is 1. The highest BCUT2D eigenvalue weighted by atomic mass is 15.2. The summed E-state index contributed by atoms with van der Waals surface area (Å²) >= 11 is 0. The van der Waals surface area contributed by atoms with Gasteiger partial charge in [-0.15, -0.1) is 0 Å². The maximum atomic E-state index is 4.31. The zero-order valence-corrected chi connectivity index (χ0v) is 10.7. The van der Waals surface area contributed by atoms with E-state index in [1.54, 1.807) is 12.5 Å². The predicted molar refractivity (Wildman–Crippen MR) is 71.3 cm³/mol. The Morgan fingerprint density at radius 2 is 2.22 bits per heavy atom. The fraction of sp³-hybridized carbons (Fsp3) is 0.615. The lowest BCUT2D eigenvalue weighted by molar-refractivity contribution is 0.268. The smallest absolute Gasteiger partial charge is 0.160 e. The van der Waals surface area contributed by atoms with Crippen LogP contribution in [0.25, 0.3) is 11.0 Å². The molecule has 3 rings (SSSR count). The van der Waals surface area contributed by atoms with E-state index >= 15 is 0 Å². The maximum absolute atomic E-state index is 4.31. The van der Waals surface area contributed by atoms with Gasteiger partial charge >= 0.3 is 0 Å². The van der Waals surface area contributed by atoms with Crippen molar-refractivity contribution in [1.29, 1.82) is 0 Å². The van der Waals surface area contributed by atoms with Gasteiger partial charge < -0.3 is 5.32 Å². The molecule has 2 N–H and O–H groups in total. The number of nitrogens with zero attached hydrogens (tertiary/aromatic N) is 3. The lowest BCUT2D eigenvalue weighted by Crippen LogP contribution is -2.24. The summed E-state index contributed by atoms with van der Waals surface area (Å²) in [7, 11) is 0. The number of rotatable bonds is 3. The molecule has 0 radical (unpaired) electrons. The van der Waals surface area contributed by atoms with Gasteiger partial charge in [-0.05, 0) is 18.3 Å². The van der Waals surface area contributed by atoms with Crippen LogP contribution in [0.2, 0.25) is 0 Å². The largest absolute Gasteiger partial charge is 0.369 e. The third-order valence-corrected chi connectivity index (χ3v) is 4.07. The summed E-state index contributed by atoms with van der Waals surface area (Å²) in [5.74, 6) is 2.47. The minimum atomic E-state index is 0.760. The summed E-state index contributed by atoms with van der Waals surface area (Å²) in [6.45, 7) is 3.36. The summed E-state index contributed by atoms with van der Waals surface area (Å²) in [6, 6.07) is 0. The van der Waals surface area contributed by atoms with Crippen LogP contribution in [0.3, 0.4) is 0 Å². The first-order valence-corrected chi connectivity index (χ1v) is 6.72. The van der Waals surface area contributed by atoms with Crippen LogP contribution in [0.5, 0.6) is 0 Å². The Labute approximate surface area is 106 Å². The van der Waals surface area contributed by atoms with E-state index in [0.29, 0.717) is 0 Å². The van der Waals surface area contributed by atoms with Gasteiger partial charge in [0.25, 0.3) is 0 Å². The molecule has 18 heavy (non-hydrogen) atoms. The van der Waals surface area contributed by atoms with Gasteiger partial charge in [-0.3, -0.25) is 5.10 Å². The van der Waals surface area contributed by atoms with E-state index in [0.717, 1.165) is 35.2 Å². The molecule has 1 aliphatic carbocycles. The first kappa shape index (κ1) is 11.4. The van der Waals surface area contributed by atoms with Crippen molar-refractivity contribution < 1.29 is 0 Å². The first-order chi connectivity index (χ1) is 8.84. The highest BCUT2D eigenvalue weighted by Crippen LogP contribution is 2.30. The molecule has 5 nitrogen and oxygen atoms in total. The van der Waals surface area contributed by atoms with Crippen molar-refractivity contribution in [1.82, 2.24) is 20.2 Å². The van der Waals surface area contributed by atoms with Gasteiger partial charge in [0.15, 0.2) is 5.65 Å². The van der Waals surface area contributed by atoms with Crippen LogP contribution in [-0.4, -0.2) is 26.7 Å². The van der Waals surface area contributed by atoms with E-state index in [-0.39, 0.29) is 0 Å². The molecular formula is C13H19N5. The zero-order valence-electron chi connectivity index (χ0n) is 10.7. The van der Waals surface area contributed by atoms with Crippen molar-refractivity contribution >= 4 is 16.9 Å². The van der Waals surface area contributed by atoms with Crippen molar-refractivity contribution in [2.24, 2.45) is 11.8 Å². The summed E-state index contributed by atoms with van der Waals surface area (Å²) in [5.41, 5.74) is 0.796. The molecule has 2 aromatic rings. The van der Waals surface area contributed by atoms with E-state index in [1.807, 2.05) is 0 Å². The van der Waals surface area contributed by atoms with Crippen molar-refractivity contribution in [2.75, 3.05) is 11.9 Å². The average Bonchev–Trinajstić information content (AvgIpc) is 2.86. The Morgan fingerprint density at radius 1 is 1.33 bits per heavy atom. The Balaban J connectivity index is 1.71. The van der Waals surface area contributed by atoms with E-state index < -0.39 is 0 Å². The predicted octanol–water partition coefficient (Wildman–Crippen LogP) is 2.59. The van der Waals surface area contributed by atoms with Gasteiger partial charge in [-0.1, -0.05) is 26.2 Å². The normalized spacial score (nSPS) is 24.3. The Bertz CT molecular complexity index is 521. The number of aromatic nitrogens is 4. The van der Waals surface area contributed by atoms with Gasteiger partial charge in [0.2, 0.25) is 0 Å². The molecule has 0 amide bonds. The summed E-state index contributed by atoms with van der Waals surface area (Å²) in [5, 5.41) is 11.3. The maximum Gasteiger partial charge on any atom is 0.160 e. The summed E-state index contributed by atoms with van der Waals surface area (Å²) in [6.07, 6.45) is 8.79. The quantitative estimate of drug-likeness (QED) is 0.872. The molecule has 2 heterocycles. The van der Waals surface area contributed by atoms with Crippen LogP contribution < -0.4 is 5.32 Å². The van der Waals surface area contributed by atoms with Crippen LogP contribution in [0, 0.1) is 11.8 Å². The van der Waals surface area contributed by atoms with Gasteiger partial charge in [0.05, 0.1) is 11.6 Å². The number of hydrogen-bond donors (Lipinski definition) is 2. The van der Waals surface area contributed by atoms with Crippen LogP contribution in [0.15, 0.2) is 12.5 Å². The van der Waals surface area contributed by atoms with Crippen molar-refractivity contribution in [3.63, 3.8) is 0 Å². The molecule has 0 bridgehead atoms. The standard InChI is InChI=1S/C13H19N5/c1-9-4-2-3-5-10(9)6-14-12-11-7-17-18-13(11)16-8-15-12/h7-10H,2-6H2,1H3,(H2,14,15,16,17,18). The highest BCUT2D eigenvalue weighted by Gasteiger charge is 2.21. The second-order valence-corrected chi connectivity index (χ2v) is 5.26. The summed E-state index contributed by atoms with van der Waals surface area (Å²) < 4.78 is 0. The molecule has 2 unspecified atom stereocenters. The highest BCUT2D eigenvalue weighted by molar-refractivity contribution is 5.85. The Hall–Kier alpha value is -1.65. The molecule has 2 aromatic heterocycles. The molecule has 1 aliphatic rings. The van der Waals surface area contributed by atoms with Crippen LogP contribution in [0.1, 0.15) is 32.6 Å². The number of nitrogens with one attached hydrogen (secondary N) is 2. The second-order valence-electron chi connectivity index (χ2n) is 5.26.